The molecule has 4 heteroatoms. The van der Waals surface area contributed by atoms with Crippen molar-refractivity contribution in [3.63, 3.8) is 0 Å². The Morgan fingerprint density at radius 3 is 1.89 bits per heavy atom. The third-order valence-electron chi connectivity index (χ3n) is 4.88. The van der Waals surface area contributed by atoms with E-state index in [9.17, 15) is 0 Å². The summed E-state index contributed by atoms with van der Waals surface area (Å²) in [6.45, 7) is 2.37. The van der Waals surface area contributed by atoms with Gasteiger partial charge < -0.3 is 18.9 Å². The van der Waals surface area contributed by atoms with Crippen molar-refractivity contribution in [1.29, 1.82) is 0 Å². The third-order valence-corrected chi connectivity index (χ3v) is 4.88. The summed E-state index contributed by atoms with van der Waals surface area (Å²) in [5.74, 6) is 3.32. The Balaban J connectivity index is 1.95. The van der Waals surface area contributed by atoms with Crippen LogP contribution in [0, 0.1) is 0 Å². The lowest BCUT2D eigenvalue weighted by Crippen LogP contribution is -1.94. The number of benzene rings is 3. The van der Waals surface area contributed by atoms with Gasteiger partial charge in [0.15, 0.2) is 11.5 Å². The number of fused-ring (bicyclic) bond motifs is 1. The van der Waals surface area contributed by atoms with Crippen molar-refractivity contribution < 1.29 is 18.9 Å². The molecule has 0 aromatic heterocycles. The topological polar surface area (TPSA) is 36.9 Å². The highest BCUT2D eigenvalue weighted by atomic mass is 16.7. The standard InChI is InChI=1S/C23H22O4/c1-4-15-13-20(16-5-9-18(24-2)10-6-16)21(23-22(15)26-14-27-23)17-7-11-19(25-3)12-8-17/h5-13H,4,14H2,1-3H3. The molecule has 1 aliphatic heterocycles. The Morgan fingerprint density at radius 2 is 1.33 bits per heavy atom. The first-order valence-corrected chi connectivity index (χ1v) is 8.99. The molecule has 0 aliphatic carbocycles. The van der Waals surface area contributed by atoms with Crippen molar-refractivity contribution >= 4 is 0 Å². The molecule has 4 nitrogen and oxygen atoms in total. The van der Waals surface area contributed by atoms with Crippen molar-refractivity contribution in [3.05, 3.63) is 60.2 Å². The molecule has 1 aliphatic rings. The van der Waals surface area contributed by atoms with Crippen LogP contribution in [0.4, 0.5) is 0 Å². The van der Waals surface area contributed by atoms with Gasteiger partial charge in [-0.2, -0.15) is 0 Å². The normalized spacial score (nSPS) is 12.1. The van der Waals surface area contributed by atoms with Crippen LogP contribution in [0.5, 0.6) is 23.0 Å². The molecule has 0 saturated carbocycles. The summed E-state index contributed by atoms with van der Waals surface area (Å²) in [4.78, 5) is 0. The Hall–Kier alpha value is -3.14. The first-order chi connectivity index (χ1) is 13.2. The molecule has 0 bridgehead atoms. The van der Waals surface area contributed by atoms with Crippen LogP contribution >= 0.6 is 0 Å². The Morgan fingerprint density at radius 1 is 0.778 bits per heavy atom. The zero-order chi connectivity index (χ0) is 18.8. The molecule has 0 unspecified atom stereocenters. The Bertz CT molecular complexity index is 944. The second-order valence-electron chi connectivity index (χ2n) is 6.33. The van der Waals surface area contributed by atoms with Gasteiger partial charge in [0.05, 0.1) is 14.2 Å². The van der Waals surface area contributed by atoms with Crippen LogP contribution in [0.1, 0.15) is 12.5 Å². The van der Waals surface area contributed by atoms with E-state index < -0.39 is 0 Å². The van der Waals surface area contributed by atoms with Crippen molar-refractivity contribution in [3.8, 4) is 45.3 Å². The zero-order valence-corrected chi connectivity index (χ0v) is 15.7. The molecule has 0 spiro atoms. The SMILES string of the molecule is CCc1cc(-c2ccc(OC)cc2)c(-c2ccc(OC)cc2)c2c1OCO2. The van der Waals surface area contributed by atoms with Crippen LogP contribution in [0.15, 0.2) is 54.6 Å². The van der Waals surface area contributed by atoms with Gasteiger partial charge in [0.25, 0.3) is 0 Å². The zero-order valence-electron chi connectivity index (χ0n) is 15.7. The summed E-state index contributed by atoms with van der Waals surface area (Å²) < 4.78 is 22.3. The molecule has 1 heterocycles. The van der Waals surface area contributed by atoms with Gasteiger partial charge in [-0.1, -0.05) is 31.2 Å². The van der Waals surface area contributed by atoms with Crippen molar-refractivity contribution in [2.75, 3.05) is 21.0 Å². The second kappa shape index (κ2) is 7.23. The van der Waals surface area contributed by atoms with E-state index in [1.54, 1.807) is 14.2 Å². The molecule has 3 aromatic carbocycles. The van der Waals surface area contributed by atoms with E-state index in [0.29, 0.717) is 0 Å². The summed E-state index contributed by atoms with van der Waals surface area (Å²) >= 11 is 0. The van der Waals surface area contributed by atoms with E-state index in [4.69, 9.17) is 18.9 Å². The minimum absolute atomic E-state index is 0.248. The van der Waals surface area contributed by atoms with Crippen LogP contribution in [-0.2, 0) is 6.42 Å². The maximum atomic E-state index is 5.91. The van der Waals surface area contributed by atoms with Gasteiger partial charge >= 0.3 is 0 Å². The highest BCUT2D eigenvalue weighted by Crippen LogP contribution is 2.49. The molecule has 3 aromatic rings. The molecule has 0 N–H and O–H groups in total. The lowest BCUT2D eigenvalue weighted by atomic mass is 9.90. The molecule has 0 amide bonds. The molecule has 0 fully saturated rings. The van der Waals surface area contributed by atoms with Crippen LogP contribution in [0.25, 0.3) is 22.3 Å². The molecule has 0 radical (unpaired) electrons. The second-order valence-corrected chi connectivity index (χ2v) is 6.33. The summed E-state index contributed by atoms with van der Waals surface area (Å²) in [5, 5.41) is 0. The summed E-state index contributed by atoms with van der Waals surface area (Å²) in [5.41, 5.74) is 5.46. The van der Waals surface area contributed by atoms with E-state index >= 15 is 0 Å². The van der Waals surface area contributed by atoms with Crippen molar-refractivity contribution in [2.45, 2.75) is 13.3 Å². The fraction of sp³-hybridized carbons (Fsp3) is 0.217. The first kappa shape index (κ1) is 17.3. The lowest BCUT2D eigenvalue weighted by Gasteiger charge is -2.16. The maximum absolute atomic E-state index is 5.91. The highest BCUT2D eigenvalue weighted by Gasteiger charge is 2.26. The molecule has 4 rings (SSSR count). The summed E-state index contributed by atoms with van der Waals surface area (Å²) in [6, 6.07) is 18.3. The fourth-order valence-electron chi connectivity index (χ4n) is 3.44. The van der Waals surface area contributed by atoms with Gasteiger partial charge in [-0.15, -0.1) is 0 Å². The Kier molecular flexibility index (Phi) is 4.63. The van der Waals surface area contributed by atoms with E-state index in [1.165, 1.54) is 0 Å². The van der Waals surface area contributed by atoms with Gasteiger partial charge in [-0.25, -0.2) is 0 Å². The van der Waals surface area contributed by atoms with Crippen molar-refractivity contribution in [2.24, 2.45) is 0 Å². The number of ether oxygens (including phenoxy) is 4. The molecule has 138 valence electrons. The van der Waals surface area contributed by atoms with E-state index in [1.807, 2.05) is 24.3 Å². The van der Waals surface area contributed by atoms with Gasteiger partial charge in [-0.05, 0) is 59.0 Å². The number of hydrogen-bond donors (Lipinski definition) is 0. The molecular formula is C23H22O4. The van der Waals surface area contributed by atoms with Gasteiger partial charge in [-0.3, -0.25) is 0 Å². The van der Waals surface area contributed by atoms with Gasteiger partial charge in [0.2, 0.25) is 6.79 Å². The van der Waals surface area contributed by atoms with E-state index in [-0.39, 0.29) is 6.79 Å². The van der Waals surface area contributed by atoms with Crippen molar-refractivity contribution in [1.82, 2.24) is 0 Å². The summed E-state index contributed by atoms with van der Waals surface area (Å²) in [7, 11) is 3.34. The van der Waals surface area contributed by atoms with Crippen LogP contribution in [0.3, 0.4) is 0 Å². The minimum Gasteiger partial charge on any atom is -0.497 e. The third kappa shape index (κ3) is 3.08. The molecule has 27 heavy (non-hydrogen) atoms. The number of aryl methyl sites for hydroxylation is 1. The molecule has 0 saturated heterocycles. The monoisotopic (exact) mass is 362 g/mol. The van der Waals surface area contributed by atoms with Gasteiger partial charge in [0.1, 0.15) is 11.5 Å². The average Bonchev–Trinajstić information content (AvgIpc) is 3.22. The van der Waals surface area contributed by atoms with Gasteiger partial charge in [0, 0.05) is 5.56 Å². The van der Waals surface area contributed by atoms with E-state index in [2.05, 4.69) is 37.3 Å². The van der Waals surface area contributed by atoms with Crippen LogP contribution < -0.4 is 18.9 Å². The van der Waals surface area contributed by atoms with Crippen LogP contribution in [0.2, 0.25) is 0 Å². The van der Waals surface area contributed by atoms with E-state index in [0.717, 1.165) is 57.2 Å². The predicted molar refractivity (Wildman–Crippen MR) is 106 cm³/mol. The number of hydrogen-bond acceptors (Lipinski definition) is 4. The summed E-state index contributed by atoms with van der Waals surface area (Å²) in [6.07, 6.45) is 0.873. The first-order valence-electron chi connectivity index (χ1n) is 8.99. The fourth-order valence-corrected chi connectivity index (χ4v) is 3.44. The molecule has 0 atom stereocenters. The largest absolute Gasteiger partial charge is 0.497 e. The predicted octanol–water partition coefficient (Wildman–Crippen LogP) is 5.33. The van der Waals surface area contributed by atoms with Crippen LogP contribution in [-0.4, -0.2) is 21.0 Å². The lowest BCUT2D eigenvalue weighted by molar-refractivity contribution is 0.173. The Labute approximate surface area is 159 Å². The average molecular weight is 362 g/mol. The highest BCUT2D eigenvalue weighted by molar-refractivity contribution is 5.91. The molecular weight excluding hydrogens is 340 g/mol. The smallest absolute Gasteiger partial charge is 0.231 e. The number of methoxy groups -OCH3 is 2. The number of rotatable bonds is 5. The quantitative estimate of drug-likeness (QED) is 0.615. The maximum Gasteiger partial charge on any atom is 0.231 e. The minimum atomic E-state index is 0.248.